The van der Waals surface area contributed by atoms with Gasteiger partial charge in [0.05, 0.1) is 17.6 Å². The maximum absolute atomic E-state index is 13.1. The van der Waals surface area contributed by atoms with E-state index in [1.54, 1.807) is 19.1 Å². The topological polar surface area (TPSA) is 84.5 Å². The summed E-state index contributed by atoms with van der Waals surface area (Å²) in [4.78, 5) is 38.0. The lowest BCUT2D eigenvalue weighted by molar-refractivity contribution is 0.0601. The number of rotatable bonds is 5. The van der Waals surface area contributed by atoms with Crippen LogP contribution in [0.3, 0.4) is 0 Å². The molecule has 8 heteroatoms. The molecule has 0 bridgehead atoms. The van der Waals surface area contributed by atoms with Crippen LogP contribution in [0.15, 0.2) is 48.5 Å². The number of thiophene rings is 1. The van der Waals surface area contributed by atoms with Gasteiger partial charge in [-0.3, -0.25) is 9.59 Å². The average molecular weight is 426 g/mol. The minimum absolute atomic E-state index is 0.105. The number of amides is 2. The van der Waals surface area contributed by atoms with Crippen molar-refractivity contribution in [1.29, 1.82) is 0 Å². The van der Waals surface area contributed by atoms with Gasteiger partial charge in [0.25, 0.3) is 11.8 Å². The number of halogens is 1. The van der Waals surface area contributed by atoms with Crippen LogP contribution in [0.4, 0.5) is 15.1 Å². The maximum Gasteiger partial charge on any atom is 0.341 e. The number of methoxy groups -OCH3 is 1. The molecular weight excluding hydrogens is 407 g/mol. The number of hydrogen-bond acceptors (Lipinski definition) is 5. The van der Waals surface area contributed by atoms with E-state index in [2.05, 4.69) is 10.6 Å². The SMILES string of the molecule is COC(=O)c1c(NC(=O)c2ccc(F)cc2)sc(C(=O)Nc2ccccc2C)c1C. The number of aryl methyl sites for hydroxylation is 1. The molecule has 0 unspecified atom stereocenters. The van der Waals surface area contributed by atoms with Gasteiger partial charge in [-0.05, 0) is 55.3 Å². The number of carbonyl (C=O) groups excluding carboxylic acids is 3. The fraction of sp³-hybridized carbons (Fsp3) is 0.136. The molecule has 0 aliphatic rings. The largest absolute Gasteiger partial charge is 0.465 e. The highest BCUT2D eigenvalue weighted by molar-refractivity contribution is 7.19. The molecule has 0 radical (unpaired) electrons. The van der Waals surface area contributed by atoms with Crippen LogP contribution >= 0.6 is 11.3 Å². The summed E-state index contributed by atoms with van der Waals surface area (Å²) in [6.45, 7) is 3.48. The first-order valence-corrected chi connectivity index (χ1v) is 9.79. The predicted molar refractivity (Wildman–Crippen MR) is 114 cm³/mol. The summed E-state index contributed by atoms with van der Waals surface area (Å²) in [5.74, 6) is -2.08. The lowest BCUT2D eigenvalue weighted by Crippen LogP contribution is -2.14. The van der Waals surface area contributed by atoms with Crippen molar-refractivity contribution in [3.05, 3.63) is 81.5 Å². The van der Waals surface area contributed by atoms with E-state index in [1.165, 1.54) is 19.2 Å². The van der Waals surface area contributed by atoms with Crippen LogP contribution in [0.1, 0.15) is 41.5 Å². The van der Waals surface area contributed by atoms with Crippen molar-refractivity contribution in [2.24, 2.45) is 0 Å². The summed E-state index contributed by atoms with van der Waals surface area (Å²) in [7, 11) is 1.22. The Balaban J connectivity index is 1.94. The molecule has 2 aromatic carbocycles. The molecule has 2 N–H and O–H groups in total. The minimum atomic E-state index is -0.673. The number of carbonyl (C=O) groups is 3. The minimum Gasteiger partial charge on any atom is -0.465 e. The van der Waals surface area contributed by atoms with E-state index in [-0.39, 0.29) is 21.0 Å². The summed E-state index contributed by atoms with van der Waals surface area (Å²) in [6.07, 6.45) is 0. The van der Waals surface area contributed by atoms with Gasteiger partial charge < -0.3 is 15.4 Å². The van der Waals surface area contributed by atoms with Crippen molar-refractivity contribution >= 4 is 39.8 Å². The molecular formula is C22H19FN2O4S. The van der Waals surface area contributed by atoms with Crippen molar-refractivity contribution in [3.8, 4) is 0 Å². The van der Waals surface area contributed by atoms with E-state index in [0.29, 0.717) is 11.3 Å². The quantitative estimate of drug-likeness (QED) is 0.574. The van der Waals surface area contributed by atoms with Crippen LogP contribution < -0.4 is 10.6 Å². The van der Waals surface area contributed by atoms with Crippen LogP contribution in [-0.4, -0.2) is 24.9 Å². The predicted octanol–water partition coefficient (Wildman–Crippen LogP) is 4.80. The van der Waals surface area contributed by atoms with Gasteiger partial charge in [-0.2, -0.15) is 0 Å². The van der Waals surface area contributed by atoms with Gasteiger partial charge in [-0.15, -0.1) is 11.3 Å². The zero-order chi connectivity index (χ0) is 21.8. The zero-order valence-corrected chi connectivity index (χ0v) is 17.4. The summed E-state index contributed by atoms with van der Waals surface area (Å²) in [5.41, 5.74) is 2.24. The molecule has 0 atom stereocenters. The molecule has 0 aliphatic carbocycles. The fourth-order valence-corrected chi connectivity index (χ4v) is 3.92. The van der Waals surface area contributed by atoms with Gasteiger partial charge in [0.2, 0.25) is 0 Å². The number of nitrogens with one attached hydrogen (secondary N) is 2. The molecule has 0 fully saturated rings. The molecule has 0 saturated heterocycles. The van der Waals surface area contributed by atoms with Crippen LogP contribution in [0.25, 0.3) is 0 Å². The van der Waals surface area contributed by atoms with Crippen molar-refractivity contribution < 1.29 is 23.5 Å². The van der Waals surface area contributed by atoms with Crippen LogP contribution in [-0.2, 0) is 4.74 Å². The Hall–Kier alpha value is -3.52. The molecule has 6 nitrogen and oxygen atoms in total. The monoisotopic (exact) mass is 426 g/mol. The Kier molecular flexibility index (Phi) is 6.27. The van der Waals surface area contributed by atoms with Crippen LogP contribution in [0.5, 0.6) is 0 Å². The number of benzene rings is 2. The summed E-state index contributed by atoms with van der Waals surface area (Å²) in [6, 6.07) is 12.3. The first kappa shape index (κ1) is 21.2. The van der Waals surface area contributed by atoms with Crippen molar-refractivity contribution in [3.63, 3.8) is 0 Å². The molecule has 154 valence electrons. The number of hydrogen-bond donors (Lipinski definition) is 2. The van der Waals surface area contributed by atoms with Crippen LogP contribution in [0.2, 0.25) is 0 Å². The Morgan fingerprint density at radius 1 is 0.933 bits per heavy atom. The van der Waals surface area contributed by atoms with E-state index in [4.69, 9.17) is 4.74 Å². The highest BCUT2D eigenvalue weighted by atomic mass is 32.1. The Bertz CT molecular complexity index is 1120. The van der Waals surface area contributed by atoms with E-state index in [0.717, 1.165) is 29.0 Å². The first-order valence-electron chi connectivity index (χ1n) is 8.97. The highest BCUT2D eigenvalue weighted by Crippen LogP contribution is 2.34. The molecule has 3 aromatic rings. The number of para-hydroxylation sites is 1. The Labute approximate surface area is 176 Å². The fourth-order valence-electron chi connectivity index (χ4n) is 2.83. The molecule has 1 aromatic heterocycles. The van der Waals surface area contributed by atoms with Crippen molar-refractivity contribution in [2.45, 2.75) is 13.8 Å². The van der Waals surface area contributed by atoms with Gasteiger partial charge in [0.1, 0.15) is 10.8 Å². The second-order valence-corrected chi connectivity index (χ2v) is 7.50. The van der Waals surface area contributed by atoms with Crippen molar-refractivity contribution in [1.82, 2.24) is 0 Å². The third-order valence-corrected chi connectivity index (χ3v) is 5.68. The third-order valence-electron chi connectivity index (χ3n) is 4.47. The van der Waals surface area contributed by atoms with E-state index in [9.17, 15) is 18.8 Å². The normalized spacial score (nSPS) is 10.4. The van der Waals surface area contributed by atoms with E-state index >= 15 is 0 Å². The zero-order valence-electron chi connectivity index (χ0n) is 16.5. The summed E-state index contributed by atoms with van der Waals surface area (Å²) >= 11 is 0.970. The van der Waals surface area contributed by atoms with Gasteiger partial charge in [-0.25, -0.2) is 9.18 Å². The van der Waals surface area contributed by atoms with E-state index in [1.807, 2.05) is 19.1 Å². The molecule has 0 spiro atoms. The van der Waals surface area contributed by atoms with Gasteiger partial charge in [-0.1, -0.05) is 18.2 Å². The molecule has 1 heterocycles. The molecule has 0 aliphatic heterocycles. The Morgan fingerprint density at radius 2 is 1.60 bits per heavy atom. The number of anilines is 2. The third kappa shape index (κ3) is 4.38. The van der Waals surface area contributed by atoms with Gasteiger partial charge >= 0.3 is 5.97 Å². The van der Waals surface area contributed by atoms with Gasteiger partial charge in [0, 0.05) is 11.3 Å². The summed E-state index contributed by atoms with van der Waals surface area (Å²) < 4.78 is 17.9. The number of ether oxygens (including phenoxy) is 1. The maximum atomic E-state index is 13.1. The van der Waals surface area contributed by atoms with Crippen LogP contribution in [0, 0.1) is 19.7 Å². The van der Waals surface area contributed by atoms with E-state index < -0.39 is 23.6 Å². The lowest BCUT2D eigenvalue weighted by Gasteiger charge is -2.07. The lowest BCUT2D eigenvalue weighted by atomic mass is 10.1. The summed E-state index contributed by atoms with van der Waals surface area (Å²) in [5, 5.41) is 5.63. The Morgan fingerprint density at radius 3 is 2.23 bits per heavy atom. The second-order valence-electron chi connectivity index (χ2n) is 6.48. The number of esters is 1. The second kappa shape index (κ2) is 8.87. The first-order chi connectivity index (χ1) is 14.3. The van der Waals surface area contributed by atoms with Crippen molar-refractivity contribution in [2.75, 3.05) is 17.7 Å². The highest BCUT2D eigenvalue weighted by Gasteiger charge is 2.26. The molecule has 30 heavy (non-hydrogen) atoms. The smallest absolute Gasteiger partial charge is 0.341 e. The average Bonchev–Trinajstić information content (AvgIpc) is 3.05. The standard InChI is InChI=1S/C22H19FN2O4S/c1-12-6-4-5-7-16(12)24-20(27)18-13(2)17(22(28)29-3)21(30-18)25-19(26)14-8-10-15(23)11-9-14/h4-11H,1-3H3,(H,24,27)(H,25,26). The molecule has 0 saturated carbocycles. The molecule has 2 amide bonds. The van der Waals surface area contributed by atoms with Gasteiger partial charge in [0.15, 0.2) is 0 Å². The molecule has 3 rings (SSSR count).